The molecule has 1 amide bonds. The van der Waals surface area contributed by atoms with Crippen LogP contribution in [0.2, 0.25) is 0 Å². The fraction of sp³-hybridized carbons (Fsp3) is 0.692. The molecule has 1 aliphatic rings. The summed E-state index contributed by atoms with van der Waals surface area (Å²) in [5.74, 6) is -0.00158. The Bertz CT molecular complexity index is 437. The minimum Gasteiger partial charge on any atom is -0.350 e. The number of amides is 1. The quantitative estimate of drug-likeness (QED) is 0.820. The molecule has 0 bridgehead atoms. The lowest BCUT2D eigenvalue weighted by Crippen LogP contribution is -2.32. The van der Waals surface area contributed by atoms with E-state index in [-0.39, 0.29) is 5.91 Å². The van der Waals surface area contributed by atoms with Crippen LogP contribution in [0.5, 0.6) is 0 Å². The Balaban J connectivity index is 1.95. The average molecular weight is 314 g/mol. The largest absolute Gasteiger partial charge is 0.350 e. The number of hydrogen-bond acceptors (Lipinski definition) is 2. The third-order valence-corrected chi connectivity index (χ3v) is 4.04. The fourth-order valence-electron chi connectivity index (χ4n) is 2.22. The number of carbonyl (C=O) groups is 1. The Morgan fingerprint density at radius 1 is 1.61 bits per heavy atom. The Kier molecular flexibility index (Phi) is 4.10. The van der Waals surface area contributed by atoms with E-state index < -0.39 is 0 Å². The minimum absolute atomic E-state index is 0.00158. The van der Waals surface area contributed by atoms with Gasteiger partial charge in [-0.15, -0.1) is 0 Å². The van der Waals surface area contributed by atoms with Crippen molar-refractivity contribution in [3.05, 3.63) is 17.5 Å². The number of nitrogens with zero attached hydrogens (tertiary/aromatic N) is 2. The molecule has 18 heavy (non-hydrogen) atoms. The summed E-state index contributed by atoms with van der Waals surface area (Å²) < 4.78 is 1.76. The summed E-state index contributed by atoms with van der Waals surface area (Å²) in [4.78, 5) is 12.1. The Morgan fingerprint density at radius 3 is 2.89 bits per heavy atom. The van der Waals surface area contributed by atoms with Gasteiger partial charge in [-0.3, -0.25) is 9.48 Å². The van der Waals surface area contributed by atoms with Crippen LogP contribution in [0.4, 0.5) is 0 Å². The smallest absolute Gasteiger partial charge is 0.269 e. The third-order valence-electron chi connectivity index (χ3n) is 3.64. The molecule has 0 aliphatic heterocycles. The number of nitrogens with one attached hydrogen (secondary N) is 1. The second kappa shape index (κ2) is 5.43. The topological polar surface area (TPSA) is 46.9 Å². The van der Waals surface area contributed by atoms with Crippen molar-refractivity contribution < 1.29 is 4.79 Å². The normalized spacial score (nSPS) is 16.6. The van der Waals surface area contributed by atoms with Crippen LogP contribution < -0.4 is 5.32 Å². The van der Waals surface area contributed by atoms with E-state index in [1.54, 1.807) is 4.68 Å². The van der Waals surface area contributed by atoms with Crippen molar-refractivity contribution in [2.24, 2.45) is 5.41 Å². The number of alkyl halides is 1. The molecule has 0 atom stereocenters. The zero-order chi connectivity index (χ0) is 13.2. The molecule has 1 N–H and O–H groups in total. The number of hydrogen-bond donors (Lipinski definition) is 1. The molecule has 1 saturated carbocycles. The molecule has 1 fully saturated rings. The van der Waals surface area contributed by atoms with Crippen LogP contribution in [-0.2, 0) is 6.54 Å². The zero-order valence-corrected chi connectivity index (χ0v) is 12.6. The van der Waals surface area contributed by atoms with Crippen LogP contribution in [0.3, 0.4) is 0 Å². The molecular formula is C13H20BrN3O. The monoisotopic (exact) mass is 313 g/mol. The van der Waals surface area contributed by atoms with Gasteiger partial charge in [0, 0.05) is 18.4 Å². The highest BCUT2D eigenvalue weighted by Crippen LogP contribution is 2.48. The third kappa shape index (κ3) is 2.94. The highest BCUT2D eigenvalue weighted by atomic mass is 79.9. The SMILES string of the molecule is CCn1nc(C)cc1C(=O)NCC1(CCBr)CC1. The lowest BCUT2D eigenvalue weighted by Gasteiger charge is -2.14. The average Bonchev–Trinajstić information content (AvgIpc) is 3.01. The van der Waals surface area contributed by atoms with E-state index >= 15 is 0 Å². The Morgan fingerprint density at radius 2 is 2.33 bits per heavy atom. The van der Waals surface area contributed by atoms with E-state index in [0.717, 1.165) is 30.5 Å². The van der Waals surface area contributed by atoms with Crippen LogP contribution in [0, 0.1) is 12.3 Å². The summed E-state index contributed by atoms with van der Waals surface area (Å²) in [6.07, 6.45) is 3.59. The van der Waals surface area contributed by atoms with Gasteiger partial charge in [0.2, 0.25) is 0 Å². The summed E-state index contributed by atoms with van der Waals surface area (Å²) in [6.45, 7) is 5.42. The molecule has 0 spiro atoms. The zero-order valence-electron chi connectivity index (χ0n) is 11.0. The van der Waals surface area contributed by atoms with Gasteiger partial charge in [-0.1, -0.05) is 15.9 Å². The van der Waals surface area contributed by atoms with Crippen molar-refractivity contribution in [1.29, 1.82) is 0 Å². The lowest BCUT2D eigenvalue weighted by molar-refractivity contribution is 0.0933. The Hall–Kier alpha value is -0.840. The fourth-order valence-corrected chi connectivity index (χ4v) is 3.06. The minimum atomic E-state index is -0.00158. The molecule has 1 aromatic heterocycles. The molecule has 100 valence electrons. The molecule has 4 nitrogen and oxygen atoms in total. The van der Waals surface area contributed by atoms with Crippen LogP contribution in [0.15, 0.2) is 6.07 Å². The number of carbonyl (C=O) groups excluding carboxylic acids is 1. The first-order valence-electron chi connectivity index (χ1n) is 6.49. The number of aromatic nitrogens is 2. The highest BCUT2D eigenvalue weighted by molar-refractivity contribution is 9.09. The maximum absolute atomic E-state index is 12.1. The number of rotatable bonds is 6. The first-order chi connectivity index (χ1) is 8.60. The maximum Gasteiger partial charge on any atom is 0.269 e. The molecule has 1 aliphatic carbocycles. The molecule has 5 heteroatoms. The van der Waals surface area contributed by atoms with Gasteiger partial charge in [-0.25, -0.2) is 0 Å². The number of aryl methyl sites for hydroxylation is 2. The van der Waals surface area contributed by atoms with E-state index in [2.05, 4.69) is 26.3 Å². The second-order valence-electron chi connectivity index (χ2n) is 5.11. The van der Waals surface area contributed by atoms with Crippen LogP contribution in [0.1, 0.15) is 42.4 Å². The molecule has 1 heterocycles. The lowest BCUT2D eigenvalue weighted by atomic mass is 10.0. The van der Waals surface area contributed by atoms with Crippen molar-refractivity contribution in [2.75, 3.05) is 11.9 Å². The molecule has 0 unspecified atom stereocenters. The van der Waals surface area contributed by atoms with Crippen molar-refractivity contribution in [1.82, 2.24) is 15.1 Å². The summed E-state index contributed by atoms with van der Waals surface area (Å²) in [6, 6.07) is 1.85. The van der Waals surface area contributed by atoms with E-state index in [1.165, 1.54) is 12.8 Å². The van der Waals surface area contributed by atoms with Crippen molar-refractivity contribution >= 4 is 21.8 Å². The van der Waals surface area contributed by atoms with E-state index in [4.69, 9.17) is 0 Å². The molecule has 1 aromatic rings. The second-order valence-corrected chi connectivity index (χ2v) is 5.90. The van der Waals surface area contributed by atoms with Gasteiger partial charge >= 0.3 is 0 Å². The van der Waals surface area contributed by atoms with Crippen LogP contribution >= 0.6 is 15.9 Å². The van der Waals surface area contributed by atoms with Crippen LogP contribution in [-0.4, -0.2) is 27.6 Å². The summed E-state index contributed by atoms with van der Waals surface area (Å²) in [7, 11) is 0. The summed E-state index contributed by atoms with van der Waals surface area (Å²) >= 11 is 3.48. The summed E-state index contributed by atoms with van der Waals surface area (Å²) in [5, 5.41) is 8.36. The number of halogens is 1. The molecule has 0 radical (unpaired) electrons. The van der Waals surface area contributed by atoms with Gasteiger partial charge in [0.05, 0.1) is 5.69 Å². The van der Waals surface area contributed by atoms with Crippen LogP contribution in [0.25, 0.3) is 0 Å². The predicted molar refractivity (Wildman–Crippen MR) is 75.0 cm³/mol. The van der Waals surface area contributed by atoms with Gasteiger partial charge in [0.25, 0.3) is 5.91 Å². The van der Waals surface area contributed by atoms with Gasteiger partial charge in [-0.05, 0) is 44.6 Å². The van der Waals surface area contributed by atoms with Gasteiger partial charge in [0.15, 0.2) is 0 Å². The first-order valence-corrected chi connectivity index (χ1v) is 7.61. The van der Waals surface area contributed by atoms with Crippen molar-refractivity contribution in [2.45, 2.75) is 39.7 Å². The van der Waals surface area contributed by atoms with Crippen molar-refractivity contribution in [3.63, 3.8) is 0 Å². The Labute approximate surface area is 116 Å². The van der Waals surface area contributed by atoms with Gasteiger partial charge in [-0.2, -0.15) is 5.10 Å². The van der Waals surface area contributed by atoms with Gasteiger partial charge in [0.1, 0.15) is 5.69 Å². The first kappa shape index (κ1) is 13.6. The van der Waals surface area contributed by atoms with Crippen molar-refractivity contribution in [3.8, 4) is 0 Å². The molecular weight excluding hydrogens is 294 g/mol. The molecule has 0 aromatic carbocycles. The predicted octanol–water partition coefficient (Wildman–Crippen LogP) is 2.51. The summed E-state index contributed by atoms with van der Waals surface area (Å²) in [5.41, 5.74) is 1.92. The van der Waals surface area contributed by atoms with E-state index in [1.807, 2.05) is 19.9 Å². The molecule has 0 saturated heterocycles. The maximum atomic E-state index is 12.1. The van der Waals surface area contributed by atoms with E-state index in [0.29, 0.717) is 11.1 Å². The van der Waals surface area contributed by atoms with Gasteiger partial charge < -0.3 is 5.32 Å². The van der Waals surface area contributed by atoms with E-state index in [9.17, 15) is 4.79 Å². The molecule has 2 rings (SSSR count). The highest BCUT2D eigenvalue weighted by Gasteiger charge is 2.41. The standard InChI is InChI=1S/C13H20BrN3O/c1-3-17-11(8-10(2)16-17)12(18)15-9-13(4-5-13)6-7-14/h8H,3-7,9H2,1-2H3,(H,15,18).